The third-order valence-electron chi connectivity index (χ3n) is 2.67. The number of hydrogen-bond donors (Lipinski definition) is 1. The van der Waals surface area contributed by atoms with E-state index in [2.05, 4.69) is 0 Å². The first-order valence-electron chi connectivity index (χ1n) is 4.63. The summed E-state index contributed by atoms with van der Waals surface area (Å²) in [5, 5.41) is 0. The fraction of sp³-hybridized carbons (Fsp3) is 0.875. The predicted molar refractivity (Wildman–Crippen MR) is 53.3 cm³/mol. The maximum Gasteiger partial charge on any atom is 0.239 e. The molecule has 1 aliphatic heterocycles. The van der Waals surface area contributed by atoms with Gasteiger partial charge in [0.15, 0.2) is 4.75 Å². The lowest BCUT2D eigenvalue weighted by Gasteiger charge is -2.26. The average molecular weight is 238 g/mol. The first-order chi connectivity index (χ1) is 6.69. The van der Waals surface area contributed by atoms with Crippen molar-refractivity contribution < 1.29 is 17.6 Å². The molecular weight excluding hydrogens is 223 g/mol. The van der Waals surface area contributed by atoms with E-state index < -0.39 is 26.8 Å². The van der Waals surface area contributed by atoms with Crippen LogP contribution in [0.25, 0.3) is 0 Å². The molecule has 1 saturated heterocycles. The van der Waals surface area contributed by atoms with E-state index in [0.717, 1.165) is 4.31 Å². The van der Waals surface area contributed by atoms with Gasteiger partial charge in [-0.1, -0.05) is 0 Å². The number of amides is 1. The lowest BCUT2D eigenvalue weighted by Crippen LogP contribution is -2.51. The van der Waals surface area contributed by atoms with E-state index in [-0.39, 0.29) is 19.5 Å². The lowest BCUT2D eigenvalue weighted by molar-refractivity contribution is -0.119. The molecule has 88 valence electrons. The molecule has 1 aliphatic rings. The summed E-state index contributed by atoms with van der Waals surface area (Å²) in [4.78, 5) is 11.0. The molecule has 2 N–H and O–H groups in total. The number of nitrogens with two attached hydrogens (primary N) is 1. The van der Waals surface area contributed by atoms with Gasteiger partial charge in [0.25, 0.3) is 0 Å². The number of carbonyl (C=O) groups excluding carboxylic acids is 1. The Labute approximate surface area is 88.5 Å². The van der Waals surface area contributed by atoms with E-state index >= 15 is 0 Å². The number of rotatable bonds is 3. The molecule has 15 heavy (non-hydrogen) atoms. The Kier molecular flexibility index (Phi) is 3.06. The lowest BCUT2D eigenvalue weighted by atomic mass is 10.2. The van der Waals surface area contributed by atoms with Crippen LogP contribution in [0.3, 0.4) is 0 Å². The molecule has 1 fully saturated rings. The summed E-state index contributed by atoms with van der Waals surface area (Å²) in [5.41, 5.74) is 5.02. The van der Waals surface area contributed by atoms with Crippen LogP contribution >= 0.6 is 0 Å². The fourth-order valence-electron chi connectivity index (χ4n) is 1.36. The maximum absolute atomic E-state index is 12.9. The molecular formula is C8H15FN2O3S. The highest BCUT2D eigenvalue weighted by molar-refractivity contribution is 7.91. The molecule has 1 heterocycles. The molecule has 0 saturated carbocycles. The smallest absolute Gasteiger partial charge is 0.239 e. The van der Waals surface area contributed by atoms with Crippen molar-refractivity contribution >= 4 is 15.9 Å². The zero-order valence-electron chi connectivity index (χ0n) is 8.73. The molecule has 0 spiro atoms. The van der Waals surface area contributed by atoms with Crippen molar-refractivity contribution in [2.24, 2.45) is 5.73 Å². The Morgan fingerprint density at radius 2 is 2.07 bits per heavy atom. The number of primary amides is 1. The molecule has 0 radical (unpaired) electrons. The first kappa shape index (κ1) is 12.4. The minimum absolute atomic E-state index is 0.111. The molecule has 1 atom stereocenters. The number of carbonyl (C=O) groups is 1. The van der Waals surface area contributed by atoms with Gasteiger partial charge in [-0.2, -0.15) is 4.31 Å². The van der Waals surface area contributed by atoms with Crippen LogP contribution in [0.1, 0.15) is 20.3 Å². The second-order valence-corrected chi connectivity index (χ2v) is 6.61. The van der Waals surface area contributed by atoms with Crippen LogP contribution in [0.2, 0.25) is 0 Å². The summed E-state index contributed by atoms with van der Waals surface area (Å²) >= 11 is 0. The van der Waals surface area contributed by atoms with Gasteiger partial charge in [-0.15, -0.1) is 0 Å². The fourth-order valence-corrected chi connectivity index (χ4v) is 2.96. The molecule has 0 aromatic carbocycles. The summed E-state index contributed by atoms with van der Waals surface area (Å²) in [6.07, 6.45) is -0.975. The molecule has 1 unspecified atom stereocenters. The molecule has 7 heteroatoms. The van der Waals surface area contributed by atoms with Gasteiger partial charge in [0, 0.05) is 13.1 Å². The minimum atomic E-state index is -3.85. The normalized spacial score (nSPS) is 24.3. The van der Waals surface area contributed by atoms with Gasteiger partial charge in [-0.3, -0.25) is 4.79 Å². The van der Waals surface area contributed by atoms with Crippen molar-refractivity contribution in [2.75, 3.05) is 13.1 Å². The van der Waals surface area contributed by atoms with Gasteiger partial charge < -0.3 is 5.73 Å². The summed E-state index contributed by atoms with van der Waals surface area (Å²) < 4.78 is 36.0. The van der Waals surface area contributed by atoms with Gasteiger partial charge >= 0.3 is 0 Å². The van der Waals surface area contributed by atoms with E-state index in [0.29, 0.717) is 0 Å². The van der Waals surface area contributed by atoms with Crippen molar-refractivity contribution in [1.82, 2.24) is 4.31 Å². The Hall–Kier alpha value is -0.690. The van der Waals surface area contributed by atoms with E-state index in [4.69, 9.17) is 5.73 Å². The standard InChI is InChI=1S/C8H15FN2O3S/c1-8(2,7(10)12)15(13,14)11-4-3-6(9)5-11/h6H,3-5H2,1-2H3,(H2,10,12). The van der Waals surface area contributed by atoms with E-state index in [1.54, 1.807) is 0 Å². The Bertz CT molecular complexity index is 366. The number of nitrogens with zero attached hydrogens (tertiary/aromatic N) is 1. The average Bonchev–Trinajstić information content (AvgIpc) is 2.51. The second-order valence-electron chi connectivity index (χ2n) is 4.12. The van der Waals surface area contributed by atoms with Gasteiger partial charge in [0.2, 0.25) is 15.9 Å². The molecule has 1 amide bonds. The Morgan fingerprint density at radius 3 is 2.40 bits per heavy atom. The van der Waals surface area contributed by atoms with Gasteiger partial charge in [-0.05, 0) is 20.3 Å². The van der Waals surface area contributed by atoms with E-state index in [1.807, 2.05) is 0 Å². The summed E-state index contributed by atoms with van der Waals surface area (Å²) in [6, 6.07) is 0. The van der Waals surface area contributed by atoms with E-state index in [1.165, 1.54) is 13.8 Å². The van der Waals surface area contributed by atoms with E-state index in [9.17, 15) is 17.6 Å². The number of sulfonamides is 1. The van der Waals surface area contributed by atoms with Crippen LogP contribution in [0.5, 0.6) is 0 Å². The monoisotopic (exact) mass is 238 g/mol. The molecule has 1 rings (SSSR count). The minimum Gasteiger partial charge on any atom is -0.368 e. The quantitative estimate of drug-likeness (QED) is 0.728. The van der Waals surface area contributed by atoms with Crippen molar-refractivity contribution in [3.8, 4) is 0 Å². The van der Waals surface area contributed by atoms with Crippen LogP contribution in [0.15, 0.2) is 0 Å². The first-order valence-corrected chi connectivity index (χ1v) is 6.07. The van der Waals surface area contributed by atoms with Crippen LogP contribution in [0.4, 0.5) is 4.39 Å². The highest BCUT2D eigenvalue weighted by Crippen LogP contribution is 2.25. The summed E-state index contributed by atoms with van der Waals surface area (Å²) in [5.74, 6) is -0.926. The van der Waals surface area contributed by atoms with Crippen LogP contribution in [-0.2, 0) is 14.8 Å². The molecule has 0 aromatic rings. The summed E-state index contributed by atoms with van der Waals surface area (Å²) in [7, 11) is -3.85. The summed E-state index contributed by atoms with van der Waals surface area (Å²) in [6.45, 7) is 2.39. The predicted octanol–water partition coefficient (Wildman–Crippen LogP) is -0.376. The third-order valence-corrected chi connectivity index (χ3v) is 5.17. The van der Waals surface area contributed by atoms with Gasteiger partial charge in [0.05, 0.1) is 0 Å². The van der Waals surface area contributed by atoms with Crippen LogP contribution in [-0.4, -0.2) is 42.6 Å². The van der Waals surface area contributed by atoms with Crippen molar-refractivity contribution in [1.29, 1.82) is 0 Å². The topological polar surface area (TPSA) is 80.5 Å². The molecule has 0 aliphatic carbocycles. The Balaban J connectivity index is 2.98. The second kappa shape index (κ2) is 3.71. The largest absolute Gasteiger partial charge is 0.368 e. The van der Waals surface area contributed by atoms with Crippen molar-refractivity contribution in [3.63, 3.8) is 0 Å². The highest BCUT2D eigenvalue weighted by Gasteiger charge is 2.46. The van der Waals surface area contributed by atoms with Crippen LogP contribution in [0, 0.1) is 0 Å². The number of halogens is 1. The van der Waals surface area contributed by atoms with Crippen molar-refractivity contribution in [3.05, 3.63) is 0 Å². The van der Waals surface area contributed by atoms with Gasteiger partial charge in [0.1, 0.15) is 6.17 Å². The molecule has 0 aromatic heterocycles. The van der Waals surface area contributed by atoms with Crippen LogP contribution < -0.4 is 5.73 Å². The van der Waals surface area contributed by atoms with Crippen molar-refractivity contribution in [2.45, 2.75) is 31.2 Å². The maximum atomic E-state index is 12.9. The molecule has 0 bridgehead atoms. The number of hydrogen-bond acceptors (Lipinski definition) is 3. The molecule has 5 nitrogen and oxygen atoms in total. The highest BCUT2D eigenvalue weighted by atomic mass is 32.2. The zero-order valence-corrected chi connectivity index (χ0v) is 9.55. The zero-order chi connectivity index (χ0) is 11.9. The Morgan fingerprint density at radius 1 is 1.53 bits per heavy atom. The SMILES string of the molecule is CC(C)(C(N)=O)S(=O)(=O)N1CCC(F)C1. The van der Waals surface area contributed by atoms with Gasteiger partial charge in [-0.25, -0.2) is 12.8 Å². The third kappa shape index (κ3) is 1.98. The number of alkyl halides is 1.